The zero-order valence-electron chi connectivity index (χ0n) is 10.0. The van der Waals surface area contributed by atoms with E-state index in [4.69, 9.17) is 26.8 Å². The maximum atomic E-state index is 6.34. The Morgan fingerprint density at radius 1 is 1.41 bits per heavy atom. The lowest BCUT2D eigenvalue weighted by atomic mass is 9.86. The molecule has 1 unspecified atom stereocenters. The number of nitrogens with two attached hydrogens (primary N) is 1. The number of halogens is 1. The van der Waals surface area contributed by atoms with Crippen LogP contribution in [0.25, 0.3) is 0 Å². The van der Waals surface area contributed by atoms with Crippen molar-refractivity contribution < 1.29 is 9.47 Å². The third-order valence-electron chi connectivity index (χ3n) is 4.05. The first-order chi connectivity index (χ1) is 8.06. The van der Waals surface area contributed by atoms with E-state index in [9.17, 15) is 0 Å². The van der Waals surface area contributed by atoms with Crippen molar-refractivity contribution in [2.45, 2.75) is 38.1 Å². The summed E-state index contributed by atoms with van der Waals surface area (Å²) < 4.78 is 10.8. The molecule has 3 rings (SSSR count). The summed E-state index contributed by atoms with van der Waals surface area (Å²) in [4.78, 5) is 0. The first kappa shape index (κ1) is 11.2. The van der Waals surface area contributed by atoms with E-state index in [2.05, 4.69) is 13.0 Å². The van der Waals surface area contributed by atoms with Crippen molar-refractivity contribution in [1.29, 1.82) is 0 Å². The average molecular weight is 254 g/mol. The Morgan fingerprint density at radius 2 is 2.12 bits per heavy atom. The zero-order valence-corrected chi connectivity index (χ0v) is 10.8. The van der Waals surface area contributed by atoms with Crippen molar-refractivity contribution in [3.63, 3.8) is 0 Å². The predicted molar refractivity (Wildman–Crippen MR) is 66.9 cm³/mol. The SMILES string of the molecule is Cc1c(C2(C(C)N)CC2)cc2c(c1Cl)OCO2. The van der Waals surface area contributed by atoms with Gasteiger partial charge in [0.25, 0.3) is 0 Å². The van der Waals surface area contributed by atoms with E-state index in [0.29, 0.717) is 10.8 Å². The van der Waals surface area contributed by atoms with Crippen LogP contribution in [-0.4, -0.2) is 12.8 Å². The van der Waals surface area contributed by atoms with Gasteiger partial charge in [-0.3, -0.25) is 0 Å². The van der Waals surface area contributed by atoms with Crippen LogP contribution in [-0.2, 0) is 5.41 Å². The molecule has 92 valence electrons. The van der Waals surface area contributed by atoms with Gasteiger partial charge in [-0.1, -0.05) is 11.6 Å². The van der Waals surface area contributed by atoms with Gasteiger partial charge in [-0.2, -0.15) is 0 Å². The fourth-order valence-electron chi connectivity index (χ4n) is 2.72. The molecule has 1 fully saturated rings. The summed E-state index contributed by atoms with van der Waals surface area (Å²) in [6.07, 6.45) is 2.25. The Bertz CT molecular complexity index is 481. The van der Waals surface area contributed by atoms with Crippen molar-refractivity contribution in [3.05, 3.63) is 22.2 Å². The quantitative estimate of drug-likeness (QED) is 0.882. The van der Waals surface area contributed by atoms with Crippen LogP contribution in [0.15, 0.2) is 6.07 Å². The molecule has 0 spiro atoms. The lowest BCUT2D eigenvalue weighted by molar-refractivity contribution is 0.174. The number of hydrogen-bond acceptors (Lipinski definition) is 3. The predicted octanol–water partition coefficient (Wildman–Crippen LogP) is 2.76. The third kappa shape index (κ3) is 1.45. The summed E-state index contributed by atoms with van der Waals surface area (Å²) in [7, 11) is 0. The number of ether oxygens (including phenoxy) is 2. The van der Waals surface area contributed by atoms with Gasteiger partial charge in [0.05, 0.1) is 5.02 Å². The van der Waals surface area contributed by atoms with Crippen LogP contribution in [0.5, 0.6) is 11.5 Å². The van der Waals surface area contributed by atoms with Gasteiger partial charge in [-0.25, -0.2) is 0 Å². The van der Waals surface area contributed by atoms with Crippen LogP contribution in [0.1, 0.15) is 30.9 Å². The maximum Gasteiger partial charge on any atom is 0.231 e. The molecule has 1 atom stereocenters. The van der Waals surface area contributed by atoms with Crippen LogP contribution in [0, 0.1) is 6.92 Å². The summed E-state index contributed by atoms with van der Waals surface area (Å²) in [6.45, 7) is 4.34. The molecule has 1 aliphatic heterocycles. The molecule has 1 saturated carbocycles. The molecule has 1 aliphatic carbocycles. The summed E-state index contributed by atoms with van der Waals surface area (Å²) in [5, 5.41) is 0.668. The first-order valence-electron chi connectivity index (χ1n) is 5.91. The maximum absolute atomic E-state index is 6.34. The van der Waals surface area contributed by atoms with Gasteiger partial charge in [-0.05, 0) is 43.9 Å². The second-order valence-corrected chi connectivity index (χ2v) is 5.42. The van der Waals surface area contributed by atoms with Crippen molar-refractivity contribution >= 4 is 11.6 Å². The van der Waals surface area contributed by atoms with E-state index in [1.807, 2.05) is 6.92 Å². The number of fused-ring (bicyclic) bond motifs is 1. The number of rotatable bonds is 2. The number of benzene rings is 1. The fourth-order valence-corrected chi connectivity index (χ4v) is 2.97. The van der Waals surface area contributed by atoms with Crippen LogP contribution in [0.2, 0.25) is 5.02 Å². The van der Waals surface area contributed by atoms with Gasteiger partial charge < -0.3 is 15.2 Å². The minimum atomic E-state index is 0.0920. The van der Waals surface area contributed by atoms with Gasteiger partial charge in [0, 0.05) is 11.5 Å². The third-order valence-corrected chi connectivity index (χ3v) is 4.50. The van der Waals surface area contributed by atoms with Gasteiger partial charge in [0.15, 0.2) is 11.5 Å². The molecule has 0 saturated heterocycles. The second-order valence-electron chi connectivity index (χ2n) is 5.04. The summed E-state index contributed by atoms with van der Waals surface area (Å²) >= 11 is 6.34. The van der Waals surface area contributed by atoms with Crippen molar-refractivity contribution in [2.24, 2.45) is 5.73 Å². The highest BCUT2D eigenvalue weighted by molar-refractivity contribution is 6.33. The molecule has 2 aliphatic rings. The van der Waals surface area contributed by atoms with Gasteiger partial charge in [-0.15, -0.1) is 0 Å². The molecule has 3 nitrogen and oxygen atoms in total. The molecule has 2 N–H and O–H groups in total. The molecule has 0 bridgehead atoms. The Hall–Kier alpha value is -0.930. The highest BCUT2D eigenvalue weighted by atomic mass is 35.5. The second kappa shape index (κ2) is 3.53. The zero-order chi connectivity index (χ0) is 12.2. The van der Waals surface area contributed by atoms with Gasteiger partial charge >= 0.3 is 0 Å². The largest absolute Gasteiger partial charge is 0.454 e. The summed E-state index contributed by atoms with van der Waals surface area (Å²) in [5.41, 5.74) is 8.50. The van der Waals surface area contributed by atoms with E-state index in [1.54, 1.807) is 0 Å². The Morgan fingerprint density at radius 3 is 2.71 bits per heavy atom. The normalized spacial score (nSPS) is 21.4. The van der Waals surface area contributed by atoms with Crippen molar-refractivity contribution in [2.75, 3.05) is 6.79 Å². The molecule has 1 heterocycles. The monoisotopic (exact) mass is 253 g/mol. The molecule has 4 heteroatoms. The molecule has 0 radical (unpaired) electrons. The van der Waals surface area contributed by atoms with Crippen LogP contribution in [0.3, 0.4) is 0 Å². The van der Waals surface area contributed by atoms with Crippen LogP contribution < -0.4 is 15.2 Å². The van der Waals surface area contributed by atoms with Gasteiger partial charge in [0.2, 0.25) is 6.79 Å². The van der Waals surface area contributed by atoms with E-state index in [0.717, 1.165) is 24.2 Å². The van der Waals surface area contributed by atoms with E-state index < -0.39 is 0 Å². The molecular formula is C13H16ClNO2. The number of hydrogen-bond donors (Lipinski definition) is 1. The molecule has 1 aromatic carbocycles. The van der Waals surface area contributed by atoms with E-state index in [1.165, 1.54) is 5.56 Å². The molecule has 0 amide bonds. The minimum absolute atomic E-state index is 0.0920. The standard InChI is InChI=1S/C13H16ClNO2/c1-7-9(13(3-4-13)8(2)15)5-10-12(11(7)14)17-6-16-10/h5,8H,3-4,6,15H2,1-2H3. The molecular weight excluding hydrogens is 238 g/mol. The molecule has 0 aromatic heterocycles. The van der Waals surface area contributed by atoms with Crippen LogP contribution >= 0.6 is 11.6 Å². The highest BCUT2D eigenvalue weighted by Crippen LogP contribution is 2.55. The fraction of sp³-hybridized carbons (Fsp3) is 0.538. The van der Waals surface area contributed by atoms with Crippen LogP contribution in [0.4, 0.5) is 0 Å². The molecule has 17 heavy (non-hydrogen) atoms. The topological polar surface area (TPSA) is 44.5 Å². The van der Waals surface area contributed by atoms with Gasteiger partial charge in [0.1, 0.15) is 0 Å². The van der Waals surface area contributed by atoms with E-state index >= 15 is 0 Å². The lowest BCUT2D eigenvalue weighted by Crippen LogP contribution is -2.32. The summed E-state index contributed by atoms with van der Waals surface area (Å²) in [5.74, 6) is 1.43. The summed E-state index contributed by atoms with van der Waals surface area (Å²) in [6, 6.07) is 2.19. The van der Waals surface area contributed by atoms with Crippen molar-refractivity contribution in [3.8, 4) is 11.5 Å². The Labute approximate surface area is 106 Å². The first-order valence-corrected chi connectivity index (χ1v) is 6.29. The Balaban J connectivity index is 2.16. The minimum Gasteiger partial charge on any atom is -0.454 e. The highest BCUT2D eigenvalue weighted by Gasteiger charge is 2.49. The lowest BCUT2D eigenvalue weighted by Gasteiger charge is -2.23. The van der Waals surface area contributed by atoms with Crippen molar-refractivity contribution in [1.82, 2.24) is 0 Å². The Kier molecular flexibility index (Phi) is 2.32. The smallest absolute Gasteiger partial charge is 0.231 e. The molecule has 1 aromatic rings. The van der Waals surface area contributed by atoms with E-state index in [-0.39, 0.29) is 18.2 Å². The average Bonchev–Trinajstić information content (AvgIpc) is 2.97.